The number of nitrogens with one attached hydrogen (secondary N) is 2. The average molecular weight is 359 g/mol. The van der Waals surface area contributed by atoms with Crippen molar-refractivity contribution in [1.29, 1.82) is 5.26 Å². The van der Waals surface area contributed by atoms with Crippen LogP contribution in [0.3, 0.4) is 0 Å². The number of thiazole rings is 1. The van der Waals surface area contributed by atoms with Crippen LogP contribution in [0.25, 0.3) is 10.2 Å². The lowest BCUT2D eigenvalue weighted by atomic mass is 10.1. The molecule has 0 spiro atoms. The van der Waals surface area contributed by atoms with Crippen molar-refractivity contribution in [1.82, 2.24) is 10.4 Å². The lowest BCUT2D eigenvalue weighted by Crippen LogP contribution is -2.29. The van der Waals surface area contributed by atoms with Crippen molar-refractivity contribution in [3.8, 4) is 11.8 Å². The largest absolute Gasteiger partial charge is 0.494 e. The zero-order valence-corrected chi connectivity index (χ0v) is 14.0. The third-order valence-corrected chi connectivity index (χ3v) is 4.67. The van der Waals surface area contributed by atoms with Gasteiger partial charge in [0.15, 0.2) is 0 Å². The molecule has 2 N–H and O–H groups in total. The van der Waals surface area contributed by atoms with Gasteiger partial charge < -0.3 is 4.74 Å². The number of hydrogen-bond donors (Lipinski definition) is 2. The van der Waals surface area contributed by atoms with Crippen LogP contribution in [0, 0.1) is 11.3 Å². The van der Waals surface area contributed by atoms with Gasteiger partial charge in [-0.15, -0.1) is 0 Å². The minimum Gasteiger partial charge on any atom is -0.494 e. The number of methoxy groups -OCH3 is 1. The van der Waals surface area contributed by atoms with Crippen LogP contribution >= 0.6 is 22.9 Å². The van der Waals surface area contributed by atoms with Crippen molar-refractivity contribution in [2.75, 3.05) is 12.5 Å². The van der Waals surface area contributed by atoms with Crippen molar-refractivity contribution in [3.63, 3.8) is 0 Å². The van der Waals surface area contributed by atoms with Crippen LogP contribution in [0.2, 0.25) is 5.02 Å². The van der Waals surface area contributed by atoms with E-state index >= 15 is 0 Å². The molecule has 3 aromatic rings. The number of aromatic nitrogens is 1. The van der Waals surface area contributed by atoms with Gasteiger partial charge in [-0.25, -0.2) is 4.98 Å². The van der Waals surface area contributed by atoms with E-state index in [1.165, 1.54) is 11.3 Å². The lowest BCUT2D eigenvalue weighted by Gasteiger charge is -2.05. The number of carbonyl (C=O) groups excluding carboxylic acids is 1. The molecule has 1 heterocycles. The molecule has 2 aromatic carbocycles. The number of carbonyl (C=O) groups is 1. The van der Waals surface area contributed by atoms with Gasteiger partial charge in [0.1, 0.15) is 11.3 Å². The maximum atomic E-state index is 12.1. The summed E-state index contributed by atoms with van der Waals surface area (Å²) in [6, 6.07) is 11.8. The summed E-state index contributed by atoms with van der Waals surface area (Å²) in [5, 5.41) is 9.81. The number of ether oxygens (including phenoxy) is 1. The first-order valence-corrected chi connectivity index (χ1v) is 8.01. The highest BCUT2D eigenvalue weighted by molar-refractivity contribution is 7.22. The van der Waals surface area contributed by atoms with E-state index in [0.29, 0.717) is 32.5 Å². The summed E-state index contributed by atoms with van der Waals surface area (Å²) < 4.78 is 6.03. The second-order valence-electron chi connectivity index (χ2n) is 4.71. The molecule has 1 amide bonds. The number of anilines is 1. The Morgan fingerprint density at radius 3 is 2.71 bits per heavy atom. The lowest BCUT2D eigenvalue weighted by molar-refractivity contribution is 0.0962. The van der Waals surface area contributed by atoms with Crippen molar-refractivity contribution >= 4 is 44.2 Å². The summed E-state index contributed by atoms with van der Waals surface area (Å²) in [7, 11) is 1.56. The fourth-order valence-corrected chi connectivity index (χ4v) is 3.16. The van der Waals surface area contributed by atoms with Crippen LogP contribution in [-0.2, 0) is 0 Å². The number of nitriles is 1. The van der Waals surface area contributed by atoms with Gasteiger partial charge in [0, 0.05) is 5.56 Å². The van der Waals surface area contributed by atoms with Gasteiger partial charge in [0.2, 0.25) is 5.13 Å². The predicted molar refractivity (Wildman–Crippen MR) is 93.4 cm³/mol. The highest BCUT2D eigenvalue weighted by Crippen LogP contribution is 2.37. The van der Waals surface area contributed by atoms with E-state index in [0.717, 1.165) is 4.70 Å². The first-order valence-electron chi connectivity index (χ1n) is 6.82. The summed E-state index contributed by atoms with van der Waals surface area (Å²) in [5.41, 5.74) is 6.88. The van der Waals surface area contributed by atoms with Crippen molar-refractivity contribution in [3.05, 3.63) is 52.5 Å². The van der Waals surface area contributed by atoms with Gasteiger partial charge >= 0.3 is 0 Å². The number of halogens is 1. The molecule has 8 heteroatoms. The number of rotatable bonds is 4. The molecular formula is C16H11ClN4O2S. The minimum absolute atomic E-state index is 0.336. The maximum absolute atomic E-state index is 12.1. The second kappa shape index (κ2) is 6.74. The van der Waals surface area contributed by atoms with Crippen LogP contribution in [0.5, 0.6) is 5.75 Å². The molecule has 1 aromatic heterocycles. The van der Waals surface area contributed by atoms with E-state index in [2.05, 4.69) is 15.8 Å². The minimum atomic E-state index is -0.336. The van der Waals surface area contributed by atoms with Gasteiger partial charge in [0.05, 0.1) is 28.5 Å². The molecule has 0 aliphatic heterocycles. The highest BCUT2D eigenvalue weighted by atomic mass is 35.5. The van der Waals surface area contributed by atoms with E-state index in [1.54, 1.807) is 43.5 Å². The molecule has 120 valence electrons. The molecule has 0 bridgehead atoms. The molecule has 24 heavy (non-hydrogen) atoms. The Kier molecular flexibility index (Phi) is 4.51. The molecular weight excluding hydrogens is 348 g/mol. The van der Waals surface area contributed by atoms with E-state index in [9.17, 15) is 4.79 Å². The average Bonchev–Trinajstić information content (AvgIpc) is 3.05. The van der Waals surface area contributed by atoms with Crippen LogP contribution in [-0.4, -0.2) is 18.0 Å². The quantitative estimate of drug-likeness (QED) is 0.696. The van der Waals surface area contributed by atoms with E-state index in [4.69, 9.17) is 21.6 Å². The van der Waals surface area contributed by atoms with Gasteiger partial charge in [-0.2, -0.15) is 5.26 Å². The number of hydrazine groups is 1. The zero-order chi connectivity index (χ0) is 17.1. The maximum Gasteiger partial charge on any atom is 0.269 e. The van der Waals surface area contributed by atoms with Crippen LogP contribution in [0.4, 0.5) is 5.13 Å². The fourth-order valence-electron chi connectivity index (χ4n) is 2.05. The molecule has 0 aliphatic carbocycles. The Labute approximate surface area is 146 Å². The second-order valence-corrected chi connectivity index (χ2v) is 6.12. The molecule has 3 rings (SSSR count). The highest BCUT2D eigenvalue weighted by Gasteiger charge is 2.13. The summed E-state index contributed by atoms with van der Waals surface area (Å²) in [6.45, 7) is 0. The smallest absolute Gasteiger partial charge is 0.269 e. The fraction of sp³-hybridized carbons (Fsp3) is 0.0625. The Morgan fingerprint density at radius 2 is 2.04 bits per heavy atom. The molecule has 0 saturated heterocycles. The summed E-state index contributed by atoms with van der Waals surface area (Å²) in [6.07, 6.45) is 0. The summed E-state index contributed by atoms with van der Waals surface area (Å²) in [5.74, 6) is 0.272. The number of fused-ring (bicyclic) bond motifs is 1. The number of nitrogens with zero attached hydrogens (tertiary/aromatic N) is 2. The van der Waals surface area contributed by atoms with E-state index < -0.39 is 0 Å². The van der Waals surface area contributed by atoms with Gasteiger partial charge in [-0.05, 0) is 36.4 Å². The molecule has 0 fully saturated rings. The number of hydrogen-bond acceptors (Lipinski definition) is 6. The van der Waals surface area contributed by atoms with Crippen LogP contribution in [0.15, 0.2) is 36.4 Å². The van der Waals surface area contributed by atoms with Gasteiger partial charge in [0.25, 0.3) is 5.91 Å². The molecule has 0 unspecified atom stereocenters. The normalized spacial score (nSPS) is 10.2. The summed E-state index contributed by atoms with van der Waals surface area (Å²) in [4.78, 5) is 16.5. The topological polar surface area (TPSA) is 87.0 Å². The monoisotopic (exact) mass is 358 g/mol. The Morgan fingerprint density at radius 1 is 1.29 bits per heavy atom. The van der Waals surface area contributed by atoms with Crippen LogP contribution in [0.1, 0.15) is 15.9 Å². The molecule has 0 aliphatic rings. The number of benzene rings is 2. The van der Waals surface area contributed by atoms with E-state index in [-0.39, 0.29) is 5.91 Å². The third-order valence-electron chi connectivity index (χ3n) is 3.24. The Balaban J connectivity index is 1.76. The first-order chi connectivity index (χ1) is 11.6. The van der Waals surface area contributed by atoms with Gasteiger partial charge in [-0.1, -0.05) is 22.9 Å². The Hall–Kier alpha value is -2.82. The molecule has 0 saturated carbocycles. The van der Waals surface area contributed by atoms with Crippen molar-refractivity contribution in [2.24, 2.45) is 0 Å². The van der Waals surface area contributed by atoms with Crippen molar-refractivity contribution in [2.45, 2.75) is 0 Å². The van der Waals surface area contributed by atoms with Crippen LogP contribution < -0.4 is 15.6 Å². The Bertz CT molecular complexity index is 947. The SMILES string of the molecule is COc1ccc(Cl)c2sc(NNC(=O)c3ccc(C#N)cc3)nc12. The van der Waals surface area contributed by atoms with Crippen molar-refractivity contribution < 1.29 is 9.53 Å². The number of amides is 1. The first kappa shape index (κ1) is 16.1. The van der Waals surface area contributed by atoms with E-state index in [1.807, 2.05) is 6.07 Å². The molecule has 0 radical (unpaired) electrons. The van der Waals surface area contributed by atoms with Gasteiger partial charge in [-0.3, -0.25) is 15.6 Å². The zero-order valence-electron chi connectivity index (χ0n) is 12.5. The summed E-state index contributed by atoms with van der Waals surface area (Å²) >= 11 is 7.46. The predicted octanol–water partition coefficient (Wildman–Crippen LogP) is 3.59. The molecule has 0 atom stereocenters. The third kappa shape index (κ3) is 3.11. The standard InChI is InChI=1S/C16H11ClN4O2S/c1-23-12-7-6-11(17)14-13(12)19-16(24-14)21-20-15(22)10-4-2-9(8-18)3-5-10/h2-7H,1H3,(H,19,21)(H,20,22). The molecule has 6 nitrogen and oxygen atoms in total.